The van der Waals surface area contributed by atoms with Gasteiger partial charge in [0.15, 0.2) is 5.82 Å². The number of rotatable bonds is 6. The molecule has 0 saturated carbocycles. The van der Waals surface area contributed by atoms with Crippen LogP contribution >= 0.6 is 0 Å². The number of amides is 1. The zero-order chi connectivity index (χ0) is 21.6. The van der Waals surface area contributed by atoms with Gasteiger partial charge in [0, 0.05) is 35.1 Å². The SMILES string of the molecule is CCOC(=O)Cc1nnc(Nc2ccc(C(=O)N3CCCCC3)cc2)c2ccccc12. The molecule has 1 aliphatic heterocycles. The van der Waals surface area contributed by atoms with Gasteiger partial charge in [-0.15, -0.1) is 5.10 Å². The Morgan fingerprint density at radius 3 is 2.39 bits per heavy atom. The first kappa shape index (κ1) is 20.8. The highest BCUT2D eigenvalue weighted by Gasteiger charge is 2.18. The van der Waals surface area contributed by atoms with Gasteiger partial charge in [-0.3, -0.25) is 9.59 Å². The maximum atomic E-state index is 12.7. The summed E-state index contributed by atoms with van der Waals surface area (Å²) in [5.74, 6) is 0.356. The van der Waals surface area contributed by atoms with Crippen molar-refractivity contribution in [2.45, 2.75) is 32.6 Å². The lowest BCUT2D eigenvalue weighted by Gasteiger charge is -2.26. The van der Waals surface area contributed by atoms with Crippen LogP contribution in [-0.2, 0) is 16.0 Å². The second-order valence-corrected chi connectivity index (χ2v) is 7.58. The Hall–Kier alpha value is -3.48. The smallest absolute Gasteiger partial charge is 0.311 e. The fourth-order valence-electron chi connectivity index (χ4n) is 3.84. The number of piperidine rings is 1. The number of benzene rings is 2. The molecule has 2 aromatic carbocycles. The molecule has 7 heteroatoms. The van der Waals surface area contributed by atoms with E-state index in [-0.39, 0.29) is 18.3 Å². The Balaban J connectivity index is 1.53. The number of hydrogen-bond acceptors (Lipinski definition) is 6. The van der Waals surface area contributed by atoms with Crippen LogP contribution in [0.25, 0.3) is 10.8 Å². The number of esters is 1. The minimum atomic E-state index is -0.323. The van der Waals surface area contributed by atoms with Crippen LogP contribution in [0.2, 0.25) is 0 Å². The first-order chi connectivity index (χ1) is 15.2. The Kier molecular flexibility index (Phi) is 6.40. The van der Waals surface area contributed by atoms with Crippen LogP contribution in [0, 0.1) is 0 Å². The van der Waals surface area contributed by atoms with Gasteiger partial charge in [0.05, 0.1) is 18.7 Å². The van der Waals surface area contributed by atoms with E-state index in [4.69, 9.17) is 4.74 Å². The number of carbonyl (C=O) groups excluding carboxylic acids is 2. The van der Waals surface area contributed by atoms with Gasteiger partial charge in [-0.2, -0.15) is 5.10 Å². The average Bonchev–Trinajstić information content (AvgIpc) is 2.81. The summed E-state index contributed by atoms with van der Waals surface area (Å²) in [6.45, 7) is 3.78. The predicted molar refractivity (Wildman–Crippen MR) is 119 cm³/mol. The third kappa shape index (κ3) is 4.82. The molecule has 0 unspecified atom stereocenters. The summed E-state index contributed by atoms with van der Waals surface area (Å²) >= 11 is 0. The van der Waals surface area contributed by atoms with E-state index in [1.165, 1.54) is 6.42 Å². The van der Waals surface area contributed by atoms with Crippen molar-refractivity contribution in [1.29, 1.82) is 0 Å². The maximum absolute atomic E-state index is 12.7. The topological polar surface area (TPSA) is 84.4 Å². The molecule has 0 spiro atoms. The third-order valence-corrected chi connectivity index (χ3v) is 5.42. The first-order valence-electron chi connectivity index (χ1n) is 10.7. The summed E-state index contributed by atoms with van der Waals surface area (Å²) in [7, 11) is 0. The van der Waals surface area contributed by atoms with E-state index in [9.17, 15) is 9.59 Å². The molecule has 0 aliphatic carbocycles. The van der Waals surface area contributed by atoms with Gasteiger partial charge in [0.25, 0.3) is 5.91 Å². The number of fused-ring (bicyclic) bond motifs is 1. The molecular formula is C24H26N4O3. The van der Waals surface area contributed by atoms with E-state index in [1.54, 1.807) is 6.92 Å². The van der Waals surface area contributed by atoms with Crippen molar-refractivity contribution in [1.82, 2.24) is 15.1 Å². The summed E-state index contributed by atoms with van der Waals surface area (Å²) < 4.78 is 5.04. The fourth-order valence-corrected chi connectivity index (χ4v) is 3.84. The third-order valence-electron chi connectivity index (χ3n) is 5.42. The highest BCUT2D eigenvalue weighted by Crippen LogP contribution is 2.26. The molecule has 4 rings (SSSR count). The lowest BCUT2D eigenvalue weighted by Crippen LogP contribution is -2.35. The number of likely N-dealkylation sites (tertiary alicyclic amines) is 1. The van der Waals surface area contributed by atoms with Crippen LogP contribution in [-0.4, -0.2) is 46.7 Å². The number of carbonyl (C=O) groups is 2. The van der Waals surface area contributed by atoms with Gasteiger partial charge in [-0.1, -0.05) is 24.3 Å². The second kappa shape index (κ2) is 9.55. The maximum Gasteiger partial charge on any atom is 0.311 e. The summed E-state index contributed by atoms with van der Waals surface area (Å²) in [5, 5.41) is 13.6. The lowest BCUT2D eigenvalue weighted by atomic mass is 10.1. The highest BCUT2D eigenvalue weighted by atomic mass is 16.5. The van der Waals surface area contributed by atoms with Crippen LogP contribution in [0.5, 0.6) is 0 Å². The van der Waals surface area contributed by atoms with Gasteiger partial charge >= 0.3 is 5.97 Å². The standard InChI is InChI=1S/C24H26N4O3/c1-2-31-22(29)16-21-19-8-4-5-9-20(19)23(27-26-21)25-18-12-10-17(11-13-18)24(30)28-14-6-3-7-15-28/h4-5,8-13H,2-3,6-7,14-16H2,1H3,(H,25,27). The number of nitrogens with one attached hydrogen (secondary N) is 1. The van der Waals surface area contributed by atoms with Gasteiger partial charge < -0.3 is 15.0 Å². The molecule has 1 fully saturated rings. The van der Waals surface area contributed by atoms with Gasteiger partial charge in [0.1, 0.15) is 0 Å². The number of ether oxygens (including phenoxy) is 1. The zero-order valence-electron chi connectivity index (χ0n) is 17.6. The van der Waals surface area contributed by atoms with Crippen LogP contribution < -0.4 is 5.32 Å². The molecule has 7 nitrogen and oxygen atoms in total. The predicted octanol–water partition coefficient (Wildman–Crippen LogP) is 4.11. The summed E-state index contributed by atoms with van der Waals surface area (Å²) in [6.07, 6.45) is 3.42. The van der Waals surface area contributed by atoms with E-state index in [2.05, 4.69) is 15.5 Å². The number of nitrogens with zero attached hydrogens (tertiary/aromatic N) is 3. The molecule has 0 atom stereocenters. The van der Waals surface area contributed by atoms with Crippen molar-refractivity contribution in [3.8, 4) is 0 Å². The lowest BCUT2D eigenvalue weighted by molar-refractivity contribution is -0.142. The summed E-state index contributed by atoms with van der Waals surface area (Å²) in [6, 6.07) is 15.1. The molecular weight excluding hydrogens is 392 g/mol. The molecule has 1 saturated heterocycles. The van der Waals surface area contributed by atoms with E-state index < -0.39 is 0 Å². The van der Waals surface area contributed by atoms with E-state index in [1.807, 2.05) is 53.4 Å². The molecule has 160 valence electrons. The second-order valence-electron chi connectivity index (χ2n) is 7.58. The first-order valence-corrected chi connectivity index (χ1v) is 10.7. The molecule has 3 aromatic rings. The molecule has 0 radical (unpaired) electrons. The van der Waals surface area contributed by atoms with Crippen molar-refractivity contribution in [2.24, 2.45) is 0 Å². The van der Waals surface area contributed by atoms with Crippen molar-refractivity contribution in [3.05, 3.63) is 59.8 Å². The largest absolute Gasteiger partial charge is 0.466 e. The molecule has 31 heavy (non-hydrogen) atoms. The fraction of sp³-hybridized carbons (Fsp3) is 0.333. The Morgan fingerprint density at radius 1 is 0.968 bits per heavy atom. The van der Waals surface area contributed by atoms with Crippen molar-refractivity contribution in [2.75, 3.05) is 25.0 Å². The number of aromatic nitrogens is 2. The minimum Gasteiger partial charge on any atom is -0.466 e. The molecule has 2 heterocycles. The van der Waals surface area contributed by atoms with Crippen LogP contribution in [0.4, 0.5) is 11.5 Å². The van der Waals surface area contributed by atoms with Crippen molar-refractivity contribution >= 4 is 34.2 Å². The molecule has 1 amide bonds. The zero-order valence-corrected chi connectivity index (χ0v) is 17.6. The Bertz CT molecular complexity index is 1080. The molecule has 1 aliphatic rings. The van der Waals surface area contributed by atoms with Crippen LogP contribution in [0.1, 0.15) is 42.2 Å². The highest BCUT2D eigenvalue weighted by molar-refractivity contribution is 5.97. The molecule has 1 aromatic heterocycles. The van der Waals surface area contributed by atoms with Crippen molar-refractivity contribution in [3.63, 3.8) is 0 Å². The van der Waals surface area contributed by atoms with Gasteiger partial charge in [0.2, 0.25) is 0 Å². The van der Waals surface area contributed by atoms with E-state index in [0.29, 0.717) is 23.7 Å². The molecule has 0 bridgehead atoms. The van der Waals surface area contributed by atoms with E-state index in [0.717, 1.165) is 42.4 Å². The van der Waals surface area contributed by atoms with E-state index >= 15 is 0 Å². The summed E-state index contributed by atoms with van der Waals surface area (Å²) in [5.41, 5.74) is 2.09. The number of anilines is 2. The summed E-state index contributed by atoms with van der Waals surface area (Å²) in [4.78, 5) is 26.5. The quantitative estimate of drug-likeness (QED) is 0.607. The van der Waals surface area contributed by atoms with Gasteiger partial charge in [-0.05, 0) is 50.5 Å². The molecule has 1 N–H and O–H groups in total. The van der Waals surface area contributed by atoms with Crippen LogP contribution in [0.3, 0.4) is 0 Å². The monoisotopic (exact) mass is 418 g/mol. The van der Waals surface area contributed by atoms with Gasteiger partial charge in [-0.25, -0.2) is 0 Å². The van der Waals surface area contributed by atoms with Crippen LogP contribution in [0.15, 0.2) is 48.5 Å². The number of hydrogen-bond donors (Lipinski definition) is 1. The Labute approximate surface area is 181 Å². The normalized spacial score (nSPS) is 13.8. The minimum absolute atomic E-state index is 0.0783. The average molecular weight is 418 g/mol. The van der Waals surface area contributed by atoms with Crippen molar-refractivity contribution < 1.29 is 14.3 Å². The Morgan fingerprint density at radius 2 is 1.68 bits per heavy atom.